The molecule has 5 nitrogen and oxygen atoms in total. The van der Waals surface area contributed by atoms with Crippen LogP contribution >= 0.6 is 11.8 Å². The van der Waals surface area contributed by atoms with Gasteiger partial charge in [-0.3, -0.25) is 9.69 Å². The van der Waals surface area contributed by atoms with E-state index < -0.39 is 35.6 Å². The third kappa shape index (κ3) is 10.7. The minimum atomic E-state index is -4.93. The summed E-state index contributed by atoms with van der Waals surface area (Å²) in [6.45, 7) is 4.61. The van der Waals surface area contributed by atoms with Gasteiger partial charge in [-0.05, 0) is 49.8 Å². The molecule has 13 heteroatoms. The summed E-state index contributed by atoms with van der Waals surface area (Å²) in [5, 5.41) is 0. The summed E-state index contributed by atoms with van der Waals surface area (Å²) in [5.41, 5.74) is -2.77. The molecular weight excluding hydrogens is 555 g/mol. The number of halogens is 7. The number of hydrogen-bond acceptors (Lipinski definition) is 6. The van der Waals surface area contributed by atoms with E-state index in [0.29, 0.717) is 64.4 Å². The van der Waals surface area contributed by atoms with E-state index in [9.17, 15) is 35.5 Å². The largest absolute Gasteiger partial charge is 0.464 e. The molecule has 222 valence electrons. The number of rotatable bonds is 13. The van der Waals surface area contributed by atoms with E-state index in [4.69, 9.17) is 14.2 Å². The Hall–Kier alpha value is -1.57. The van der Waals surface area contributed by atoms with Crippen LogP contribution in [0.2, 0.25) is 0 Å². The molecule has 0 radical (unpaired) electrons. The molecule has 39 heavy (non-hydrogen) atoms. The number of esters is 1. The predicted molar refractivity (Wildman–Crippen MR) is 131 cm³/mol. The summed E-state index contributed by atoms with van der Waals surface area (Å²) < 4.78 is 109. The number of nitrogens with zero attached hydrogens (tertiary/aromatic N) is 1. The number of alkyl halides is 7. The fourth-order valence-electron chi connectivity index (χ4n) is 4.64. The SMILES string of the molecule is O=C(CCCCOC[C@H]1CCC(F)[C@@H]1CSc1cc(C(F)(F)F)cc(C(F)(F)F)c1)OCCN1CCOCC1. The van der Waals surface area contributed by atoms with Crippen LogP contribution in [0.3, 0.4) is 0 Å². The molecule has 1 aromatic rings. The van der Waals surface area contributed by atoms with Gasteiger partial charge in [-0.1, -0.05) is 0 Å². The highest BCUT2D eigenvalue weighted by molar-refractivity contribution is 7.99. The Bertz CT molecular complexity index is 877. The van der Waals surface area contributed by atoms with Crippen molar-refractivity contribution < 1.29 is 49.7 Å². The lowest BCUT2D eigenvalue weighted by Gasteiger charge is -2.26. The van der Waals surface area contributed by atoms with Gasteiger partial charge in [0.25, 0.3) is 0 Å². The van der Waals surface area contributed by atoms with Gasteiger partial charge in [0.1, 0.15) is 12.8 Å². The summed E-state index contributed by atoms with van der Waals surface area (Å²) in [4.78, 5) is 13.8. The first kappa shape index (κ1) is 32.0. The Kier molecular flexibility index (Phi) is 12.2. The number of benzene rings is 1. The number of unbranched alkanes of at least 4 members (excludes halogenated alkanes) is 1. The molecule has 0 bridgehead atoms. The summed E-state index contributed by atoms with van der Waals surface area (Å²) in [6.07, 6.45) is -8.82. The van der Waals surface area contributed by atoms with E-state index >= 15 is 0 Å². The molecule has 1 heterocycles. The van der Waals surface area contributed by atoms with Crippen molar-refractivity contribution in [2.75, 3.05) is 58.4 Å². The molecule has 1 aliphatic carbocycles. The maximum atomic E-state index is 14.5. The third-order valence-corrected chi connectivity index (χ3v) is 8.03. The monoisotopic (exact) mass is 589 g/mol. The van der Waals surface area contributed by atoms with Gasteiger partial charge in [0.15, 0.2) is 0 Å². The van der Waals surface area contributed by atoms with Gasteiger partial charge < -0.3 is 14.2 Å². The lowest BCUT2D eigenvalue weighted by molar-refractivity contribution is -0.145. The second-order valence-corrected chi connectivity index (χ2v) is 10.9. The number of carbonyl (C=O) groups is 1. The molecule has 3 atom stereocenters. The topological polar surface area (TPSA) is 48.0 Å². The minimum absolute atomic E-state index is 0.0457. The molecular formula is C26H34F7NO4S. The average molecular weight is 590 g/mol. The van der Waals surface area contributed by atoms with E-state index in [1.807, 2.05) is 0 Å². The second kappa shape index (κ2) is 14.9. The first-order valence-corrected chi connectivity index (χ1v) is 14.0. The van der Waals surface area contributed by atoms with Crippen LogP contribution in [0.4, 0.5) is 30.7 Å². The molecule has 0 amide bonds. The van der Waals surface area contributed by atoms with Gasteiger partial charge in [-0.2, -0.15) is 26.3 Å². The van der Waals surface area contributed by atoms with Gasteiger partial charge >= 0.3 is 18.3 Å². The Labute approximate surface area is 227 Å². The molecule has 0 aromatic heterocycles. The number of morpholine rings is 1. The molecule has 2 fully saturated rings. The number of carbonyl (C=O) groups excluding carboxylic acids is 1. The number of ether oxygens (including phenoxy) is 3. The van der Waals surface area contributed by atoms with Crippen molar-refractivity contribution in [3.63, 3.8) is 0 Å². The molecule has 1 aliphatic heterocycles. The second-order valence-electron chi connectivity index (χ2n) is 9.78. The van der Waals surface area contributed by atoms with Crippen LogP contribution in [-0.4, -0.2) is 75.5 Å². The third-order valence-electron chi connectivity index (χ3n) is 6.91. The average Bonchev–Trinajstić information content (AvgIpc) is 3.23. The van der Waals surface area contributed by atoms with Crippen LogP contribution in [0.25, 0.3) is 0 Å². The standard InChI is InChI=1S/C26H34F7NO4S/c27-23-5-4-18(16-37-9-2-1-3-24(35)38-12-8-34-6-10-36-11-7-34)22(23)17-39-21-14-19(25(28,29)30)13-20(15-21)26(31,32)33/h13-15,18,22-23H,1-12,16-17H2/t18-,22-,23?/m1/s1. The maximum Gasteiger partial charge on any atom is 0.416 e. The van der Waals surface area contributed by atoms with Crippen molar-refractivity contribution in [2.24, 2.45) is 11.8 Å². The van der Waals surface area contributed by atoms with Crippen LogP contribution in [-0.2, 0) is 31.4 Å². The summed E-state index contributed by atoms with van der Waals surface area (Å²) in [5.74, 6) is -0.963. The van der Waals surface area contributed by atoms with Crippen molar-refractivity contribution in [3.05, 3.63) is 29.3 Å². The Morgan fingerprint density at radius 2 is 1.64 bits per heavy atom. The lowest BCUT2D eigenvalue weighted by atomic mass is 9.98. The van der Waals surface area contributed by atoms with Gasteiger partial charge in [-0.25, -0.2) is 4.39 Å². The van der Waals surface area contributed by atoms with Crippen LogP contribution in [0, 0.1) is 11.8 Å². The number of thioether (sulfide) groups is 1. The first-order chi connectivity index (χ1) is 18.4. The highest BCUT2D eigenvalue weighted by Gasteiger charge is 2.39. The van der Waals surface area contributed by atoms with E-state index in [-0.39, 0.29) is 48.1 Å². The fraction of sp³-hybridized carbons (Fsp3) is 0.731. The molecule has 0 spiro atoms. The van der Waals surface area contributed by atoms with Crippen LogP contribution in [0.5, 0.6) is 0 Å². The maximum absolute atomic E-state index is 14.5. The van der Waals surface area contributed by atoms with Crippen molar-refractivity contribution >= 4 is 17.7 Å². The van der Waals surface area contributed by atoms with Gasteiger partial charge in [-0.15, -0.1) is 11.8 Å². The molecule has 1 aromatic carbocycles. The predicted octanol–water partition coefficient (Wildman–Crippen LogP) is 6.24. The van der Waals surface area contributed by atoms with Crippen molar-refractivity contribution in [2.45, 2.75) is 55.5 Å². The van der Waals surface area contributed by atoms with Crippen molar-refractivity contribution in [1.29, 1.82) is 0 Å². The fourth-order valence-corrected chi connectivity index (χ4v) is 5.93. The van der Waals surface area contributed by atoms with Crippen LogP contribution < -0.4 is 0 Å². The summed E-state index contributed by atoms with van der Waals surface area (Å²) >= 11 is 0.796. The molecule has 2 aliphatic rings. The van der Waals surface area contributed by atoms with Crippen molar-refractivity contribution in [1.82, 2.24) is 4.90 Å². The quantitative estimate of drug-likeness (QED) is 0.118. The minimum Gasteiger partial charge on any atom is -0.464 e. The molecule has 1 saturated heterocycles. The number of hydrogen-bond donors (Lipinski definition) is 0. The van der Waals surface area contributed by atoms with E-state index in [2.05, 4.69) is 4.90 Å². The summed E-state index contributed by atoms with van der Waals surface area (Å²) in [6, 6.07) is 1.42. The van der Waals surface area contributed by atoms with Crippen LogP contribution in [0.15, 0.2) is 23.1 Å². The molecule has 0 N–H and O–H groups in total. The van der Waals surface area contributed by atoms with Crippen molar-refractivity contribution in [3.8, 4) is 0 Å². The first-order valence-electron chi connectivity index (χ1n) is 13.0. The zero-order chi connectivity index (χ0) is 28.5. The van der Waals surface area contributed by atoms with E-state index in [0.717, 1.165) is 24.9 Å². The van der Waals surface area contributed by atoms with Crippen LogP contribution in [0.1, 0.15) is 43.2 Å². The lowest BCUT2D eigenvalue weighted by Crippen LogP contribution is -2.38. The van der Waals surface area contributed by atoms with E-state index in [1.165, 1.54) is 0 Å². The van der Waals surface area contributed by atoms with Gasteiger partial charge in [0, 0.05) is 55.8 Å². The van der Waals surface area contributed by atoms with E-state index in [1.54, 1.807) is 0 Å². The van der Waals surface area contributed by atoms with Gasteiger partial charge in [0.2, 0.25) is 0 Å². The highest BCUT2D eigenvalue weighted by Crippen LogP contribution is 2.41. The molecule has 1 saturated carbocycles. The Balaban J connectivity index is 1.37. The Morgan fingerprint density at radius 3 is 2.28 bits per heavy atom. The molecule has 3 rings (SSSR count). The zero-order valence-corrected chi connectivity index (χ0v) is 22.3. The zero-order valence-electron chi connectivity index (χ0n) is 21.5. The normalized spacial score (nSPS) is 22.8. The highest BCUT2D eigenvalue weighted by atomic mass is 32.2. The smallest absolute Gasteiger partial charge is 0.416 e. The molecule has 1 unspecified atom stereocenters. The summed E-state index contributed by atoms with van der Waals surface area (Å²) in [7, 11) is 0. The Morgan fingerprint density at radius 1 is 0.974 bits per heavy atom. The van der Waals surface area contributed by atoms with Gasteiger partial charge in [0.05, 0.1) is 24.3 Å².